The molecule has 1 atom stereocenters. The van der Waals surface area contributed by atoms with E-state index < -0.39 is 0 Å². The van der Waals surface area contributed by atoms with Crippen molar-refractivity contribution in [1.82, 2.24) is 4.90 Å². The first-order valence-electron chi connectivity index (χ1n) is 3.30. The number of rotatable bonds is 1. The molecule has 0 spiro atoms. The van der Waals surface area contributed by atoms with E-state index in [1.54, 1.807) is 0 Å². The average Bonchev–Trinajstić information content (AvgIpc) is 1.90. The number of ether oxygens (including phenoxy) is 1. The molecule has 2 nitrogen and oxygen atoms in total. The summed E-state index contributed by atoms with van der Waals surface area (Å²) in [4.78, 5) is 2.30. The second kappa shape index (κ2) is 3.44. The van der Waals surface area contributed by atoms with Gasteiger partial charge in [0.05, 0.1) is 18.6 Å². The molecule has 3 heteroatoms. The Morgan fingerprint density at radius 3 is 2.33 bits per heavy atom. The summed E-state index contributed by atoms with van der Waals surface area (Å²) < 4.78 is 5.17. The predicted molar refractivity (Wildman–Crippen MR) is 40.8 cm³/mol. The van der Waals surface area contributed by atoms with Crippen LogP contribution in [0.15, 0.2) is 0 Å². The van der Waals surface area contributed by atoms with Gasteiger partial charge in [-0.1, -0.05) is 0 Å². The van der Waals surface area contributed by atoms with Gasteiger partial charge in [0.15, 0.2) is 0 Å². The minimum atomic E-state index is 0.383. The lowest BCUT2D eigenvalue weighted by molar-refractivity contribution is 0.0354. The number of hydrogen-bond donors (Lipinski definition) is 1. The third kappa shape index (κ3) is 2.16. The smallest absolute Gasteiger partial charge is 0.0594 e. The zero-order chi connectivity index (χ0) is 6.69. The summed E-state index contributed by atoms with van der Waals surface area (Å²) in [7, 11) is 0. The molecule has 0 amide bonds. The van der Waals surface area contributed by atoms with Gasteiger partial charge in [0.1, 0.15) is 0 Å². The van der Waals surface area contributed by atoms with Crippen molar-refractivity contribution < 1.29 is 4.74 Å². The highest BCUT2D eigenvalue weighted by Gasteiger charge is 2.12. The topological polar surface area (TPSA) is 12.5 Å². The number of nitrogens with zero attached hydrogens (tertiary/aromatic N) is 1. The van der Waals surface area contributed by atoms with Crippen LogP contribution in [0.3, 0.4) is 0 Å². The van der Waals surface area contributed by atoms with Crippen molar-refractivity contribution in [1.29, 1.82) is 0 Å². The molecule has 0 aliphatic carbocycles. The Hall–Kier alpha value is 0.270. The monoisotopic (exact) mass is 147 g/mol. The molecular formula is C6H13NOS. The fourth-order valence-electron chi connectivity index (χ4n) is 0.951. The molecule has 0 unspecified atom stereocenters. The van der Waals surface area contributed by atoms with Crippen LogP contribution in [0.4, 0.5) is 0 Å². The molecule has 1 aliphatic heterocycles. The number of hydrogen-bond acceptors (Lipinski definition) is 3. The third-order valence-corrected chi connectivity index (χ3v) is 1.90. The SMILES string of the molecule is C[C@H](S)N1CCOCC1. The van der Waals surface area contributed by atoms with E-state index in [0.29, 0.717) is 5.37 Å². The quantitative estimate of drug-likeness (QED) is 0.545. The van der Waals surface area contributed by atoms with Gasteiger partial charge in [-0.3, -0.25) is 4.90 Å². The Labute approximate surface area is 61.6 Å². The summed E-state index contributed by atoms with van der Waals surface area (Å²) in [6.45, 7) is 5.89. The molecule has 1 rings (SSSR count). The van der Waals surface area contributed by atoms with Crippen LogP contribution >= 0.6 is 12.6 Å². The van der Waals surface area contributed by atoms with Crippen LogP contribution in [0.1, 0.15) is 6.92 Å². The molecule has 0 radical (unpaired) electrons. The molecule has 1 heterocycles. The van der Waals surface area contributed by atoms with E-state index in [1.807, 2.05) is 0 Å². The van der Waals surface area contributed by atoms with Crippen molar-refractivity contribution in [3.63, 3.8) is 0 Å². The van der Waals surface area contributed by atoms with Crippen LogP contribution in [0, 0.1) is 0 Å². The van der Waals surface area contributed by atoms with Crippen molar-refractivity contribution in [2.24, 2.45) is 0 Å². The van der Waals surface area contributed by atoms with Crippen molar-refractivity contribution in [2.75, 3.05) is 26.3 Å². The van der Waals surface area contributed by atoms with E-state index in [1.165, 1.54) is 0 Å². The molecule has 54 valence electrons. The second-order valence-corrected chi connectivity index (χ2v) is 3.03. The van der Waals surface area contributed by atoms with Gasteiger partial charge < -0.3 is 4.74 Å². The predicted octanol–water partition coefficient (Wildman–Crippen LogP) is 0.594. The Balaban J connectivity index is 2.23. The van der Waals surface area contributed by atoms with Crippen LogP contribution in [0.25, 0.3) is 0 Å². The van der Waals surface area contributed by atoms with Gasteiger partial charge in [-0.05, 0) is 6.92 Å². The first kappa shape index (κ1) is 7.38. The van der Waals surface area contributed by atoms with Gasteiger partial charge in [-0.2, -0.15) is 12.6 Å². The van der Waals surface area contributed by atoms with E-state index in [9.17, 15) is 0 Å². The Kier molecular flexibility index (Phi) is 2.82. The largest absolute Gasteiger partial charge is 0.379 e. The lowest BCUT2D eigenvalue weighted by Gasteiger charge is -2.29. The summed E-state index contributed by atoms with van der Waals surface area (Å²) in [5.41, 5.74) is 0. The maximum atomic E-state index is 5.17. The Morgan fingerprint density at radius 2 is 2.00 bits per heavy atom. The normalized spacial score (nSPS) is 26.0. The first-order valence-corrected chi connectivity index (χ1v) is 3.82. The summed E-state index contributed by atoms with van der Waals surface area (Å²) in [5.74, 6) is 0. The molecule has 0 aromatic rings. The standard InChI is InChI=1S/C6H13NOS/c1-6(9)7-2-4-8-5-3-7/h6,9H,2-5H2,1H3/t6-/m0/s1. The molecule has 0 saturated carbocycles. The maximum Gasteiger partial charge on any atom is 0.0594 e. The highest BCUT2D eigenvalue weighted by Crippen LogP contribution is 2.05. The Morgan fingerprint density at radius 1 is 1.44 bits per heavy atom. The van der Waals surface area contributed by atoms with Gasteiger partial charge >= 0.3 is 0 Å². The summed E-state index contributed by atoms with van der Waals surface area (Å²) >= 11 is 4.31. The average molecular weight is 147 g/mol. The summed E-state index contributed by atoms with van der Waals surface area (Å²) in [6.07, 6.45) is 0. The Bertz CT molecular complexity index is 81.1. The van der Waals surface area contributed by atoms with Crippen molar-refractivity contribution in [3.8, 4) is 0 Å². The van der Waals surface area contributed by atoms with Gasteiger partial charge in [0, 0.05) is 13.1 Å². The van der Waals surface area contributed by atoms with E-state index in [0.717, 1.165) is 26.3 Å². The lowest BCUT2D eigenvalue weighted by atomic mass is 10.4. The molecular weight excluding hydrogens is 134 g/mol. The highest BCUT2D eigenvalue weighted by molar-refractivity contribution is 7.80. The molecule has 0 N–H and O–H groups in total. The molecule has 0 aromatic heterocycles. The lowest BCUT2D eigenvalue weighted by Crippen LogP contribution is -2.39. The van der Waals surface area contributed by atoms with Crippen LogP contribution in [0.5, 0.6) is 0 Å². The van der Waals surface area contributed by atoms with Crippen LogP contribution in [-0.2, 0) is 4.74 Å². The van der Waals surface area contributed by atoms with E-state index in [2.05, 4.69) is 24.5 Å². The minimum absolute atomic E-state index is 0.383. The van der Waals surface area contributed by atoms with Crippen LogP contribution < -0.4 is 0 Å². The van der Waals surface area contributed by atoms with Crippen molar-refractivity contribution in [3.05, 3.63) is 0 Å². The molecule has 1 aliphatic rings. The highest BCUT2D eigenvalue weighted by atomic mass is 32.1. The molecule has 1 fully saturated rings. The summed E-state index contributed by atoms with van der Waals surface area (Å²) in [5, 5.41) is 0.383. The fourth-order valence-corrected chi connectivity index (χ4v) is 1.18. The molecule has 9 heavy (non-hydrogen) atoms. The number of thiol groups is 1. The van der Waals surface area contributed by atoms with E-state index >= 15 is 0 Å². The minimum Gasteiger partial charge on any atom is -0.379 e. The van der Waals surface area contributed by atoms with Gasteiger partial charge in [-0.25, -0.2) is 0 Å². The fraction of sp³-hybridized carbons (Fsp3) is 1.00. The van der Waals surface area contributed by atoms with Crippen molar-refractivity contribution in [2.45, 2.75) is 12.3 Å². The summed E-state index contributed by atoms with van der Waals surface area (Å²) in [6, 6.07) is 0. The van der Waals surface area contributed by atoms with Crippen LogP contribution in [0.2, 0.25) is 0 Å². The van der Waals surface area contributed by atoms with Crippen LogP contribution in [-0.4, -0.2) is 36.6 Å². The zero-order valence-corrected chi connectivity index (χ0v) is 6.60. The van der Waals surface area contributed by atoms with E-state index in [4.69, 9.17) is 4.74 Å². The maximum absolute atomic E-state index is 5.17. The first-order chi connectivity index (χ1) is 4.30. The van der Waals surface area contributed by atoms with E-state index in [-0.39, 0.29) is 0 Å². The zero-order valence-electron chi connectivity index (χ0n) is 5.71. The molecule has 1 saturated heterocycles. The van der Waals surface area contributed by atoms with Gasteiger partial charge in [-0.15, -0.1) is 0 Å². The third-order valence-electron chi connectivity index (χ3n) is 1.57. The second-order valence-electron chi connectivity index (χ2n) is 2.28. The van der Waals surface area contributed by atoms with Crippen molar-refractivity contribution >= 4 is 12.6 Å². The van der Waals surface area contributed by atoms with Gasteiger partial charge in [0.25, 0.3) is 0 Å². The molecule has 0 aromatic carbocycles. The van der Waals surface area contributed by atoms with Gasteiger partial charge in [0.2, 0.25) is 0 Å². The molecule has 0 bridgehead atoms. The number of morpholine rings is 1.